The van der Waals surface area contributed by atoms with Crippen LogP contribution in [-0.4, -0.2) is 52.3 Å². The maximum Gasteiger partial charge on any atom is 0.223 e. The minimum Gasteiger partial charge on any atom is -0.392 e. The summed E-state index contributed by atoms with van der Waals surface area (Å²) < 4.78 is 3.71. The van der Waals surface area contributed by atoms with Crippen LogP contribution in [0.5, 0.6) is 0 Å². The molecule has 0 aromatic carbocycles. The first kappa shape index (κ1) is 20.0. The van der Waals surface area contributed by atoms with Gasteiger partial charge in [0, 0.05) is 54.7 Å². The molecule has 30 heavy (non-hydrogen) atoms. The average molecular weight is 406 g/mol. The van der Waals surface area contributed by atoms with Gasteiger partial charge in [0.1, 0.15) is 5.69 Å². The quantitative estimate of drug-likeness (QED) is 0.507. The first-order chi connectivity index (χ1) is 14.3. The number of rotatable bonds is 6. The van der Waals surface area contributed by atoms with Gasteiger partial charge in [-0.05, 0) is 39.8 Å². The maximum absolute atomic E-state index is 9.52. The number of anilines is 1. The lowest BCUT2D eigenvalue weighted by Gasteiger charge is -2.08. The molecule has 1 atom stereocenters. The van der Waals surface area contributed by atoms with Crippen LogP contribution in [0.3, 0.4) is 0 Å². The lowest BCUT2D eigenvalue weighted by atomic mass is 10.1. The lowest BCUT2D eigenvalue weighted by molar-refractivity contribution is 0.208. The molecule has 0 saturated heterocycles. The fourth-order valence-corrected chi connectivity index (χ4v) is 3.33. The highest BCUT2D eigenvalue weighted by Crippen LogP contribution is 2.32. The van der Waals surface area contributed by atoms with Gasteiger partial charge in [0.15, 0.2) is 5.65 Å². The number of hydrogen-bond acceptors (Lipinski definition) is 7. The number of nitrogens with one attached hydrogen (secondary N) is 1. The van der Waals surface area contributed by atoms with Crippen LogP contribution in [0.15, 0.2) is 30.7 Å². The van der Waals surface area contributed by atoms with Crippen molar-refractivity contribution in [3.8, 4) is 22.5 Å². The molecule has 4 rings (SSSR count). The number of pyridine rings is 1. The van der Waals surface area contributed by atoms with E-state index >= 15 is 0 Å². The van der Waals surface area contributed by atoms with E-state index in [9.17, 15) is 5.11 Å². The van der Waals surface area contributed by atoms with Gasteiger partial charge < -0.3 is 10.4 Å². The zero-order valence-corrected chi connectivity index (χ0v) is 17.8. The summed E-state index contributed by atoms with van der Waals surface area (Å²) in [7, 11) is 1.89. The second-order valence-corrected chi connectivity index (χ2v) is 7.76. The number of aryl methyl sites for hydroxylation is 2. The van der Waals surface area contributed by atoms with E-state index in [1.165, 1.54) is 0 Å². The molecule has 9 nitrogen and oxygen atoms in total. The molecular formula is C21H26N8O. The van der Waals surface area contributed by atoms with Crippen molar-refractivity contribution in [1.82, 2.24) is 34.5 Å². The van der Waals surface area contributed by atoms with Crippen molar-refractivity contribution in [1.29, 1.82) is 0 Å². The van der Waals surface area contributed by atoms with Gasteiger partial charge in [0.05, 0.1) is 17.5 Å². The van der Waals surface area contributed by atoms with Crippen LogP contribution in [0.4, 0.5) is 5.95 Å². The van der Waals surface area contributed by atoms with Crippen molar-refractivity contribution in [3.05, 3.63) is 36.4 Å². The normalized spacial score (nSPS) is 12.6. The Labute approximate surface area is 174 Å². The molecule has 9 heteroatoms. The van der Waals surface area contributed by atoms with Crippen molar-refractivity contribution < 1.29 is 5.11 Å². The van der Waals surface area contributed by atoms with Crippen molar-refractivity contribution >= 4 is 17.0 Å². The number of aromatic nitrogens is 7. The molecule has 4 aromatic rings. The Hall–Kier alpha value is -3.33. The van der Waals surface area contributed by atoms with Gasteiger partial charge in [-0.25, -0.2) is 15.0 Å². The fourth-order valence-electron chi connectivity index (χ4n) is 3.33. The maximum atomic E-state index is 9.52. The second kappa shape index (κ2) is 7.83. The molecule has 0 aliphatic carbocycles. The van der Waals surface area contributed by atoms with Crippen LogP contribution in [-0.2, 0) is 7.05 Å². The summed E-state index contributed by atoms with van der Waals surface area (Å²) in [6.45, 7) is 8.24. The van der Waals surface area contributed by atoms with Gasteiger partial charge in [-0.15, -0.1) is 0 Å². The first-order valence-electron chi connectivity index (χ1n) is 9.97. The van der Waals surface area contributed by atoms with Gasteiger partial charge in [0.25, 0.3) is 0 Å². The van der Waals surface area contributed by atoms with E-state index in [0.717, 1.165) is 39.2 Å². The van der Waals surface area contributed by atoms with E-state index in [-0.39, 0.29) is 6.04 Å². The minimum atomic E-state index is -0.489. The number of fused-ring (bicyclic) bond motifs is 1. The number of hydrogen-bond donors (Lipinski definition) is 2. The molecule has 0 spiro atoms. The van der Waals surface area contributed by atoms with Crippen LogP contribution in [0.1, 0.15) is 32.5 Å². The molecule has 0 saturated carbocycles. The number of aliphatic hydroxyl groups excluding tert-OH is 1. The summed E-state index contributed by atoms with van der Waals surface area (Å²) in [5.41, 5.74) is 5.13. The molecular weight excluding hydrogens is 380 g/mol. The van der Waals surface area contributed by atoms with Crippen LogP contribution < -0.4 is 5.32 Å². The molecule has 0 fully saturated rings. The van der Waals surface area contributed by atoms with Gasteiger partial charge in [-0.2, -0.15) is 10.2 Å². The Kier molecular flexibility index (Phi) is 5.21. The highest BCUT2D eigenvalue weighted by Gasteiger charge is 2.18. The molecule has 0 radical (unpaired) electrons. The van der Waals surface area contributed by atoms with E-state index < -0.39 is 6.10 Å². The predicted octanol–water partition coefficient (Wildman–Crippen LogP) is 2.97. The van der Waals surface area contributed by atoms with Crippen molar-refractivity contribution in [2.45, 2.75) is 39.8 Å². The second-order valence-electron chi connectivity index (χ2n) is 7.76. The molecule has 0 unspecified atom stereocenters. The van der Waals surface area contributed by atoms with Gasteiger partial charge >= 0.3 is 0 Å². The predicted molar refractivity (Wildman–Crippen MR) is 116 cm³/mol. The third-order valence-electron chi connectivity index (χ3n) is 4.88. The molecule has 4 aromatic heterocycles. The number of nitrogens with zero attached hydrogens (tertiary/aromatic N) is 7. The molecule has 0 bridgehead atoms. The van der Waals surface area contributed by atoms with Crippen LogP contribution in [0.25, 0.3) is 33.5 Å². The third kappa shape index (κ3) is 3.76. The van der Waals surface area contributed by atoms with Crippen molar-refractivity contribution in [2.75, 3.05) is 11.9 Å². The van der Waals surface area contributed by atoms with Gasteiger partial charge in [-0.3, -0.25) is 9.36 Å². The average Bonchev–Trinajstić information content (AvgIpc) is 3.28. The highest BCUT2D eigenvalue weighted by atomic mass is 16.3. The van der Waals surface area contributed by atoms with E-state index in [2.05, 4.69) is 45.3 Å². The van der Waals surface area contributed by atoms with Crippen LogP contribution in [0.2, 0.25) is 0 Å². The summed E-state index contributed by atoms with van der Waals surface area (Å²) in [6.07, 6.45) is 5.04. The van der Waals surface area contributed by atoms with E-state index in [4.69, 9.17) is 5.10 Å². The van der Waals surface area contributed by atoms with E-state index in [0.29, 0.717) is 12.5 Å². The van der Waals surface area contributed by atoms with Gasteiger partial charge in [0.2, 0.25) is 5.95 Å². The lowest BCUT2D eigenvalue weighted by Crippen LogP contribution is -2.16. The third-order valence-corrected chi connectivity index (χ3v) is 4.88. The van der Waals surface area contributed by atoms with Crippen molar-refractivity contribution in [2.24, 2.45) is 7.05 Å². The summed E-state index contributed by atoms with van der Waals surface area (Å²) in [5, 5.41) is 22.9. The zero-order valence-electron chi connectivity index (χ0n) is 17.8. The highest BCUT2D eigenvalue weighted by molar-refractivity contribution is 5.86. The first-order valence-corrected chi connectivity index (χ1v) is 9.97. The molecule has 2 N–H and O–H groups in total. The largest absolute Gasteiger partial charge is 0.392 e. The summed E-state index contributed by atoms with van der Waals surface area (Å²) >= 11 is 0. The van der Waals surface area contributed by atoms with Crippen LogP contribution >= 0.6 is 0 Å². The Balaban J connectivity index is 1.82. The Morgan fingerprint density at radius 1 is 1.17 bits per heavy atom. The fraction of sp³-hybridized carbons (Fsp3) is 0.381. The Morgan fingerprint density at radius 2 is 1.97 bits per heavy atom. The SMILES string of the molecule is Cc1nn(C)c2ncc(-c3nn(C(C)C)cc3-c3ccnc(NC[C@H](C)O)n3)cc12. The summed E-state index contributed by atoms with van der Waals surface area (Å²) in [4.78, 5) is 13.5. The Bertz CT molecular complexity index is 1190. The van der Waals surface area contributed by atoms with Crippen LogP contribution in [0, 0.1) is 6.92 Å². The smallest absolute Gasteiger partial charge is 0.223 e. The molecule has 0 amide bonds. The summed E-state index contributed by atoms with van der Waals surface area (Å²) in [5.74, 6) is 0.466. The molecule has 4 heterocycles. The standard InChI is InChI=1S/C21H26N8O/c1-12(2)29-11-17(18-6-7-22-21(25-18)24-9-13(3)30)19(27-29)15-8-16-14(4)26-28(5)20(16)23-10-15/h6-8,10-13,30H,9H2,1-5H3,(H,22,24,25)/t13-/m0/s1. The number of aliphatic hydroxyl groups is 1. The molecule has 0 aliphatic heterocycles. The topological polar surface area (TPSA) is 107 Å². The summed E-state index contributed by atoms with van der Waals surface area (Å²) in [6, 6.07) is 4.14. The van der Waals surface area contributed by atoms with E-state index in [1.807, 2.05) is 37.1 Å². The zero-order chi connectivity index (χ0) is 21.4. The van der Waals surface area contributed by atoms with Gasteiger partial charge in [-0.1, -0.05) is 0 Å². The molecule has 156 valence electrons. The van der Waals surface area contributed by atoms with E-state index in [1.54, 1.807) is 17.8 Å². The Morgan fingerprint density at radius 3 is 2.70 bits per heavy atom. The molecule has 0 aliphatic rings. The minimum absolute atomic E-state index is 0.198. The monoisotopic (exact) mass is 406 g/mol. The van der Waals surface area contributed by atoms with Crippen molar-refractivity contribution in [3.63, 3.8) is 0 Å².